The Labute approximate surface area is 144 Å². The van der Waals surface area contributed by atoms with Crippen molar-refractivity contribution in [3.63, 3.8) is 0 Å². The zero-order chi connectivity index (χ0) is 17.6. The summed E-state index contributed by atoms with van der Waals surface area (Å²) in [5, 5.41) is 0. The summed E-state index contributed by atoms with van der Waals surface area (Å²) in [6.45, 7) is 1.32. The van der Waals surface area contributed by atoms with Crippen LogP contribution in [0.1, 0.15) is 19.3 Å². The Morgan fingerprint density at radius 2 is 1.84 bits per heavy atom. The number of anilines is 1. The topological polar surface area (TPSA) is 102 Å². The summed E-state index contributed by atoms with van der Waals surface area (Å²) in [5.41, 5.74) is 5.84. The van der Waals surface area contributed by atoms with Crippen LogP contribution in [0.2, 0.25) is 0 Å². The summed E-state index contributed by atoms with van der Waals surface area (Å²) >= 11 is 0. The molecular weight excluding hydrogens is 326 g/mol. The summed E-state index contributed by atoms with van der Waals surface area (Å²) in [6, 6.07) is 4.56. The molecule has 2 N–H and O–H groups in total. The first-order valence-electron chi connectivity index (χ1n) is 8.34. The standard InChI is InChI=1S/C17H19N3O5/c18-16(22)10-3-5-19(6-4-10)12-8-15(21)20(17(12)23)11-1-2-13-14(7-11)25-9-24-13/h1-2,7,10,12H,3-6,8-9H2,(H2,18,22). The number of hydrogen-bond donors (Lipinski definition) is 1. The predicted molar refractivity (Wildman–Crippen MR) is 87.0 cm³/mol. The van der Waals surface area contributed by atoms with Crippen LogP contribution in [0.3, 0.4) is 0 Å². The quantitative estimate of drug-likeness (QED) is 0.788. The van der Waals surface area contributed by atoms with Crippen LogP contribution in [0.25, 0.3) is 0 Å². The first-order valence-corrected chi connectivity index (χ1v) is 8.34. The lowest BCUT2D eigenvalue weighted by molar-refractivity contribution is -0.124. The summed E-state index contributed by atoms with van der Waals surface area (Å²) in [7, 11) is 0. The number of piperidine rings is 1. The molecule has 8 heteroatoms. The lowest BCUT2D eigenvalue weighted by Gasteiger charge is -2.33. The van der Waals surface area contributed by atoms with Crippen LogP contribution in [-0.2, 0) is 14.4 Å². The van der Waals surface area contributed by atoms with Gasteiger partial charge in [0.25, 0.3) is 5.91 Å². The van der Waals surface area contributed by atoms with E-state index in [0.717, 1.165) is 0 Å². The van der Waals surface area contributed by atoms with Crippen molar-refractivity contribution in [3.8, 4) is 11.5 Å². The Hall–Kier alpha value is -2.61. The number of likely N-dealkylation sites (tertiary alicyclic amines) is 1. The maximum absolute atomic E-state index is 12.8. The van der Waals surface area contributed by atoms with E-state index in [1.54, 1.807) is 18.2 Å². The Kier molecular flexibility index (Phi) is 3.84. The molecule has 8 nitrogen and oxygen atoms in total. The Bertz CT molecular complexity index is 742. The third-order valence-corrected chi connectivity index (χ3v) is 5.11. The number of carbonyl (C=O) groups is 3. The van der Waals surface area contributed by atoms with Gasteiger partial charge in [0.05, 0.1) is 18.2 Å². The molecule has 1 aromatic rings. The lowest BCUT2D eigenvalue weighted by atomic mass is 9.95. The molecular formula is C17H19N3O5. The molecule has 2 saturated heterocycles. The second-order valence-electron chi connectivity index (χ2n) is 6.54. The zero-order valence-electron chi connectivity index (χ0n) is 13.6. The number of fused-ring (bicyclic) bond motifs is 1. The van der Waals surface area contributed by atoms with Crippen LogP contribution in [0.5, 0.6) is 11.5 Å². The van der Waals surface area contributed by atoms with Crippen molar-refractivity contribution in [1.29, 1.82) is 0 Å². The summed E-state index contributed by atoms with van der Waals surface area (Å²) in [4.78, 5) is 39.7. The van der Waals surface area contributed by atoms with Crippen LogP contribution < -0.4 is 20.1 Å². The van der Waals surface area contributed by atoms with E-state index in [-0.39, 0.29) is 36.9 Å². The normalized spacial score (nSPS) is 24.2. The van der Waals surface area contributed by atoms with Gasteiger partial charge < -0.3 is 15.2 Å². The number of rotatable bonds is 3. The van der Waals surface area contributed by atoms with E-state index in [9.17, 15) is 14.4 Å². The largest absolute Gasteiger partial charge is 0.454 e. The number of nitrogens with two attached hydrogens (primary N) is 1. The third kappa shape index (κ3) is 2.72. The number of hydrogen-bond acceptors (Lipinski definition) is 6. The highest BCUT2D eigenvalue weighted by molar-refractivity contribution is 6.22. The Morgan fingerprint density at radius 1 is 1.12 bits per heavy atom. The van der Waals surface area contributed by atoms with Crippen molar-refractivity contribution in [2.45, 2.75) is 25.3 Å². The minimum atomic E-state index is -0.480. The average Bonchev–Trinajstić information content (AvgIpc) is 3.18. The van der Waals surface area contributed by atoms with E-state index in [2.05, 4.69) is 0 Å². The number of nitrogens with zero attached hydrogens (tertiary/aromatic N) is 2. The molecule has 1 atom stereocenters. The fourth-order valence-electron chi connectivity index (χ4n) is 3.69. The fourth-order valence-corrected chi connectivity index (χ4v) is 3.69. The van der Waals surface area contributed by atoms with Crippen LogP contribution in [-0.4, -0.2) is 48.5 Å². The van der Waals surface area contributed by atoms with Gasteiger partial charge in [-0.3, -0.25) is 19.3 Å². The van der Waals surface area contributed by atoms with Crippen molar-refractivity contribution in [3.05, 3.63) is 18.2 Å². The first-order chi connectivity index (χ1) is 12.0. The maximum Gasteiger partial charge on any atom is 0.251 e. The van der Waals surface area contributed by atoms with Crippen LogP contribution in [0, 0.1) is 5.92 Å². The highest BCUT2D eigenvalue weighted by atomic mass is 16.7. The molecule has 3 aliphatic heterocycles. The van der Waals surface area contributed by atoms with Gasteiger partial charge in [0, 0.05) is 12.0 Å². The second-order valence-corrected chi connectivity index (χ2v) is 6.54. The number of imide groups is 1. The SMILES string of the molecule is NC(=O)C1CCN(C2CC(=O)N(c3ccc4c(c3)OCO4)C2=O)CC1. The third-order valence-electron chi connectivity index (χ3n) is 5.11. The molecule has 3 aliphatic rings. The van der Waals surface area contributed by atoms with Gasteiger partial charge in [0.1, 0.15) is 0 Å². The minimum absolute atomic E-state index is 0.137. The molecule has 0 saturated carbocycles. The van der Waals surface area contributed by atoms with Gasteiger partial charge in [-0.25, -0.2) is 4.90 Å². The number of primary amides is 1. The number of benzene rings is 1. The van der Waals surface area contributed by atoms with Crippen molar-refractivity contribution in [1.82, 2.24) is 4.90 Å². The van der Waals surface area contributed by atoms with Gasteiger partial charge in [-0.05, 0) is 38.1 Å². The van der Waals surface area contributed by atoms with E-state index < -0.39 is 6.04 Å². The first kappa shape index (κ1) is 15.9. The molecule has 132 valence electrons. The predicted octanol–water partition coefficient (Wildman–Crippen LogP) is 0.244. The fraction of sp³-hybridized carbons (Fsp3) is 0.471. The van der Waals surface area contributed by atoms with Crippen LogP contribution >= 0.6 is 0 Å². The van der Waals surface area contributed by atoms with E-state index in [1.165, 1.54) is 4.90 Å². The number of amides is 3. The molecule has 1 aromatic carbocycles. The van der Waals surface area contributed by atoms with Gasteiger partial charge in [0.15, 0.2) is 11.5 Å². The summed E-state index contributed by atoms with van der Waals surface area (Å²) < 4.78 is 10.6. The van der Waals surface area contributed by atoms with E-state index in [4.69, 9.17) is 15.2 Å². The highest BCUT2D eigenvalue weighted by Crippen LogP contribution is 2.37. The van der Waals surface area contributed by atoms with Crippen LogP contribution in [0.15, 0.2) is 18.2 Å². The van der Waals surface area contributed by atoms with Crippen LogP contribution in [0.4, 0.5) is 5.69 Å². The molecule has 25 heavy (non-hydrogen) atoms. The Balaban J connectivity index is 1.50. The molecule has 1 unspecified atom stereocenters. The monoisotopic (exact) mass is 345 g/mol. The molecule has 2 fully saturated rings. The summed E-state index contributed by atoms with van der Waals surface area (Å²) in [6.07, 6.45) is 1.39. The van der Waals surface area contributed by atoms with Gasteiger partial charge in [-0.1, -0.05) is 0 Å². The summed E-state index contributed by atoms with van der Waals surface area (Å²) in [5.74, 6) is 0.230. The molecule has 3 amide bonds. The molecule has 0 aromatic heterocycles. The average molecular weight is 345 g/mol. The molecule has 0 bridgehead atoms. The van der Waals surface area contributed by atoms with E-state index in [1.807, 2.05) is 4.90 Å². The van der Waals surface area contributed by atoms with Gasteiger partial charge in [0.2, 0.25) is 18.6 Å². The number of ether oxygens (including phenoxy) is 2. The molecule has 0 aliphatic carbocycles. The molecule has 3 heterocycles. The van der Waals surface area contributed by atoms with Crippen molar-refractivity contribution in [2.75, 3.05) is 24.8 Å². The molecule has 4 rings (SSSR count). The molecule has 0 spiro atoms. The second kappa shape index (κ2) is 6.03. The lowest BCUT2D eigenvalue weighted by Crippen LogP contribution is -2.47. The Morgan fingerprint density at radius 3 is 2.56 bits per heavy atom. The van der Waals surface area contributed by atoms with Crippen molar-refractivity contribution >= 4 is 23.4 Å². The number of carbonyl (C=O) groups excluding carboxylic acids is 3. The van der Waals surface area contributed by atoms with Gasteiger partial charge >= 0.3 is 0 Å². The van der Waals surface area contributed by atoms with Gasteiger partial charge in [-0.15, -0.1) is 0 Å². The highest BCUT2D eigenvalue weighted by Gasteiger charge is 2.44. The van der Waals surface area contributed by atoms with E-state index >= 15 is 0 Å². The zero-order valence-corrected chi connectivity index (χ0v) is 13.6. The van der Waals surface area contributed by atoms with Crippen molar-refractivity contribution in [2.24, 2.45) is 11.7 Å². The molecule has 0 radical (unpaired) electrons. The van der Waals surface area contributed by atoms with Gasteiger partial charge in [-0.2, -0.15) is 0 Å². The smallest absolute Gasteiger partial charge is 0.251 e. The minimum Gasteiger partial charge on any atom is -0.454 e. The maximum atomic E-state index is 12.8. The van der Waals surface area contributed by atoms with E-state index in [0.29, 0.717) is 43.1 Å². The van der Waals surface area contributed by atoms with Crippen molar-refractivity contribution < 1.29 is 23.9 Å².